The number of amides is 1. The van der Waals surface area contributed by atoms with E-state index >= 15 is 0 Å². The van der Waals surface area contributed by atoms with Gasteiger partial charge >= 0.3 is 0 Å². The number of Topliss-reactive ketones (excluding diaryl/α,β-unsaturated/α-hetero) is 1. The highest BCUT2D eigenvalue weighted by molar-refractivity contribution is 5.91. The molecule has 1 amide bonds. The molecule has 1 atom stereocenters. The van der Waals surface area contributed by atoms with Crippen LogP contribution in [-0.2, 0) is 9.59 Å². The van der Waals surface area contributed by atoms with Crippen LogP contribution in [0.3, 0.4) is 0 Å². The van der Waals surface area contributed by atoms with E-state index in [-0.39, 0.29) is 28.7 Å². The molecule has 3 fully saturated rings. The fourth-order valence-electron chi connectivity index (χ4n) is 5.55. The summed E-state index contributed by atoms with van der Waals surface area (Å²) in [4.78, 5) is 25.4. The Bertz CT molecular complexity index is 491. The summed E-state index contributed by atoms with van der Waals surface area (Å²) in [6.07, 6.45) is 17.4. The number of carbonyl (C=O) groups is 2. The van der Waals surface area contributed by atoms with Crippen molar-refractivity contribution in [3.63, 3.8) is 0 Å². The second-order valence-electron chi connectivity index (χ2n) is 10.2. The minimum Gasteiger partial charge on any atom is -0.350 e. The van der Waals surface area contributed by atoms with Crippen LogP contribution in [-0.4, -0.2) is 17.2 Å². The minimum absolute atomic E-state index is 0.0373. The van der Waals surface area contributed by atoms with Crippen molar-refractivity contribution in [1.82, 2.24) is 5.32 Å². The van der Waals surface area contributed by atoms with Crippen LogP contribution in [0.15, 0.2) is 0 Å². The van der Waals surface area contributed by atoms with Crippen molar-refractivity contribution in [3.05, 3.63) is 0 Å². The Balaban J connectivity index is 1.76. The summed E-state index contributed by atoms with van der Waals surface area (Å²) in [6, 6.07) is 0. The lowest BCUT2D eigenvalue weighted by molar-refractivity contribution is -0.185. The van der Waals surface area contributed by atoms with Crippen molar-refractivity contribution < 1.29 is 9.59 Å². The van der Waals surface area contributed by atoms with Gasteiger partial charge in [0.25, 0.3) is 0 Å². The summed E-state index contributed by atoms with van der Waals surface area (Å²) in [5.41, 5.74) is -0.123. The molecule has 0 radical (unpaired) electrons. The van der Waals surface area contributed by atoms with Crippen LogP contribution in [0.5, 0.6) is 0 Å². The molecule has 1 unspecified atom stereocenters. The second kappa shape index (κ2) is 10.8. The first-order chi connectivity index (χ1) is 13.4. The zero-order chi connectivity index (χ0) is 20.6. The van der Waals surface area contributed by atoms with Crippen LogP contribution < -0.4 is 5.32 Å². The minimum atomic E-state index is -0.0860. The average molecular weight is 392 g/mol. The van der Waals surface area contributed by atoms with Gasteiger partial charge in [0.1, 0.15) is 5.78 Å². The number of hydrogen-bond donors (Lipinski definition) is 1. The van der Waals surface area contributed by atoms with E-state index in [9.17, 15) is 9.59 Å². The zero-order valence-electron chi connectivity index (χ0n) is 19.1. The highest BCUT2D eigenvalue weighted by Crippen LogP contribution is 2.68. The maximum absolute atomic E-state index is 13.0. The molecular formula is C25H45NO2. The number of carbonyl (C=O) groups excluding carboxylic acids is 2. The summed E-state index contributed by atoms with van der Waals surface area (Å²) in [6.45, 7) is 8.49. The van der Waals surface area contributed by atoms with Crippen LogP contribution in [0.2, 0.25) is 0 Å². The van der Waals surface area contributed by atoms with Gasteiger partial charge in [-0.25, -0.2) is 0 Å². The molecule has 0 aromatic rings. The first-order valence-electron chi connectivity index (χ1n) is 12.2. The van der Waals surface area contributed by atoms with Crippen molar-refractivity contribution in [1.29, 1.82) is 0 Å². The summed E-state index contributed by atoms with van der Waals surface area (Å²) in [5.74, 6) is 0.976. The Hall–Kier alpha value is -0.860. The predicted molar refractivity (Wildman–Crippen MR) is 117 cm³/mol. The van der Waals surface area contributed by atoms with Gasteiger partial charge in [0.2, 0.25) is 5.91 Å². The van der Waals surface area contributed by atoms with Gasteiger partial charge in [-0.2, -0.15) is 0 Å². The van der Waals surface area contributed by atoms with Gasteiger partial charge in [-0.15, -0.1) is 0 Å². The third-order valence-electron chi connectivity index (χ3n) is 7.15. The molecule has 2 bridgehead atoms. The molecule has 0 aromatic carbocycles. The maximum Gasteiger partial charge on any atom is 0.223 e. The van der Waals surface area contributed by atoms with Crippen LogP contribution in [0, 0.1) is 17.3 Å². The Kier molecular flexibility index (Phi) is 9.02. The Morgan fingerprint density at radius 3 is 1.75 bits per heavy atom. The van der Waals surface area contributed by atoms with Crippen molar-refractivity contribution >= 4 is 11.7 Å². The van der Waals surface area contributed by atoms with Crippen molar-refractivity contribution in [2.75, 3.05) is 0 Å². The fourth-order valence-corrected chi connectivity index (χ4v) is 5.55. The molecule has 0 aliphatic heterocycles. The zero-order valence-corrected chi connectivity index (χ0v) is 19.1. The molecule has 3 heteroatoms. The van der Waals surface area contributed by atoms with Gasteiger partial charge in [0.05, 0.1) is 0 Å². The molecule has 3 rings (SSSR count). The molecular weight excluding hydrogens is 346 g/mol. The lowest BCUT2D eigenvalue weighted by Gasteiger charge is -2.70. The van der Waals surface area contributed by atoms with Crippen molar-refractivity contribution in [2.24, 2.45) is 17.3 Å². The quantitative estimate of drug-likeness (QED) is 0.302. The molecule has 0 spiro atoms. The Morgan fingerprint density at radius 2 is 1.25 bits per heavy atom. The number of unbranched alkanes of at least 4 members (excludes halogenated alkanes) is 8. The third-order valence-corrected chi connectivity index (χ3v) is 7.15. The smallest absolute Gasteiger partial charge is 0.223 e. The molecule has 0 aromatic heterocycles. The molecule has 3 aliphatic carbocycles. The number of ketones is 1. The molecule has 28 heavy (non-hydrogen) atoms. The van der Waals surface area contributed by atoms with Crippen LogP contribution in [0.25, 0.3) is 0 Å². The van der Waals surface area contributed by atoms with Crippen LogP contribution in [0.1, 0.15) is 124 Å². The molecule has 3 nitrogen and oxygen atoms in total. The van der Waals surface area contributed by atoms with Gasteiger partial charge in [0.15, 0.2) is 0 Å². The SMILES string of the molecule is CCCCCCCCC(CCCCCC)C(=O)NC12CC(C(=O)C(C)C)(C1)C2. The number of rotatable bonds is 16. The van der Waals surface area contributed by atoms with Gasteiger partial charge in [-0.3, -0.25) is 9.59 Å². The number of hydrogen-bond acceptors (Lipinski definition) is 2. The second-order valence-corrected chi connectivity index (χ2v) is 10.2. The third kappa shape index (κ3) is 5.83. The highest BCUT2D eigenvalue weighted by atomic mass is 16.2. The van der Waals surface area contributed by atoms with E-state index in [1.807, 2.05) is 13.8 Å². The topological polar surface area (TPSA) is 46.2 Å². The van der Waals surface area contributed by atoms with Gasteiger partial charge in [-0.05, 0) is 32.1 Å². The maximum atomic E-state index is 13.0. The van der Waals surface area contributed by atoms with E-state index in [1.54, 1.807) is 0 Å². The van der Waals surface area contributed by atoms with Crippen LogP contribution in [0.4, 0.5) is 0 Å². The molecule has 3 saturated carbocycles. The van der Waals surface area contributed by atoms with Gasteiger partial charge in [-0.1, -0.05) is 91.9 Å². The lowest BCUT2D eigenvalue weighted by Crippen LogP contribution is -2.77. The van der Waals surface area contributed by atoms with E-state index in [4.69, 9.17) is 0 Å². The molecule has 162 valence electrons. The molecule has 0 heterocycles. The lowest BCUT2D eigenvalue weighted by atomic mass is 9.37. The summed E-state index contributed by atoms with van der Waals surface area (Å²) < 4.78 is 0. The van der Waals surface area contributed by atoms with Crippen molar-refractivity contribution in [3.8, 4) is 0 Å². The molecule has 0 saturated heterocycles. The number of nitrogens with one attached hydrogen (secondary N) is 1. The van der Waals surface area contributed by atoms with Gasteiger partial charge < -0.3 is 5.32 Å². The standard InChI is InChI=1S/C25H45NO2/c1-5-7-9-11-12-14-16-21(15-13-10-8-6-2)23(28)26-25-17-24(18-25,19-25)22(27)20(3)4/h20-21H,5-19H2,1-4H3,(H,26,28). The van der Waals surface area contributed by atoms with Gasteiger partial charge in [0, 0.05) is 22.8 Å². The Morgan fingerprint density at radius 1 is 0.786 bits per heavy atom. The van der Waals surface area contributed by atoms with E-state index < -0.39 is 0 Å². The summed E-state index contributed by atoms with van der Waals surface area (Å²) in [5, 5.41) is 3.39. The monoisotopic (exact) mass is 391 g/mol. The van der Waals surface area contributed by atoms with E-state index in [2.05, 4.69) is 19.2 Å². The first-order valence-corrected chi connectivity index (χ1v) is 12.2. The largest absolute Gasteiger partial charge is 0.350 e. The van der Waals surface area contributed by atoms with E-state index in [0.29, 0.717) is 5.78 Å². The predicted octanol–water partition coefficient (Wildman–Crippen LogP) is 6.59. The van der Waals surface area contributed by atoms with E-state index in [1.165, 1.54) is 64.2 Å². The highest BCUT2D eigenvalue weighted by Gasteiger charge is 2.71. The Labute approximate surface area is 173 Å². The molecule has 1 N–H and O–H groups in total. The fraction of sp³-hybridized carbons (Fsp3) is 0.920. The van der Waals surface area contributed by atoms with Crippen LogP contribution >= 0.6 is 0 Å². The summed E-state index contributed by atoms with van der Waals surface area (Å²) in [7, 11) is 0. The first kappa shape index (κ1) is 23.4. The van der Waals surface area contributed by atoms with Crippen molar-refractivity contribution in [2.45, 2.75) is 130 Å². The normalized spacial score (nSPS) is 26.5. The molecule has 3 aliphatic rings. The average Bonchev–Trinajstić information content (AvgIpc) is 2.60. The van der Waals surface area contributed by atoms with E-state index in [0.717, 1.165) is 32.1 Å². The summed E-state index contributed by atoms with van der Waals surface area (Å²) >= 11 is 0.